The molecule has 0 spiro atoms. The monoisotopic (exact) mass is 258 g/mol. The first-order valence-electron chi connectivity index (χ1n) is 6.56. The Bertz CT molecular complexity index is 611. The van der Waals surface area contributed by atoms with Crippen molar-refractivity contribution in [3.8, 4) is 0 Å². The minimum absolute atomic E-state index is 0.0462. The van der Waals surface area contributed by atoms with Crippen LogP contribution < -0.4 is 0 Å². The third kappa shape index (κ3) is 2.10. The molecule has 1 amide bonds. The van der Waals surface area contributed by atoms with Crippen molar-refractivity contribution in [2.45, 2.75) is 0 Å². The molecule has 0 bridgehead atoms. The Morgan fingerprint density at radius 3 is 2.53 bits per heavy atom. The summed E-state index contributed by atoms with van der Waals surface area (Å²) in [5.74, 6) is 0.0462. The number of hydrogen-bond donors (Lipinski definition) is 0. The van der Waals surface area contributed by atoms with Crippen LogP contribution in [0, 0.1) is 0 Å². The Kier molecular flexibility index (Phi) is 2.98. The standard InChI is InChI=1S/C14H18N4O/c1-16-7-9-18(10-8-16)14(19)13-11-5-3-4-6-12(11)17(2)15-13/h3-6H,7-10H2,1-2H3. The highest BCUT2D eigenvalue weighted by atomic mass is 16.2. The molecule has 2 aromatic rings. The van der Waals surface area contributed by atoms with E-state index in [0.29, 0.717) is 5.69 Å². The van der Waals surface area contributed by atoms with Gasteiger partial charge in [0.25, 0.3) is 5.91 Å². The summed E-state index contributed by atoms with van der Waals surface area (Å²) in [5.41, 5.74) is 1.57. The van der Waals surface area contributed by atoms with E-state index in [2.05, 4.69) is 17.0 Å². The molecule has 19 heavy (non-hydrogen) atoms. The molecule has 5 heteroatoms. The zero-order valence-electron chi connectivity index (χ0n) is 11.3. The van der Waals surface area contributed by atoms with Crippen LogP contribution in [0.2, 0.25) is 0 Å². The molecule has 1 saturated heterocycles. The van der Waals surface area contributed by atoms with Crippen molar-refractivity contribution in [2.75, 3.05) is 33.2 Å². The molecule has 5 nitrogen and oxygen atoms in total. The first kappa shape index (κ1) is 12.2. The third-order valence-corrected chi connectivity index (χ3v) is 3.75. The lowest BCUT2D eigenvalue weighted by atomic mass is 10.2. The van der Waals surface area contributed by atoms with Gasteiger partial charge in [0.05, 0.1) is 5.52 Å². The number of nitrogens with zero attached hydrogens (tertiary/aromatic N) is 4. The van der Waals surface area contributed by atoms with E-state index in [0.717, 1.165) is 37.1 Å². The summed E-state index contributed by atoms with van der Waals surface area (Å²) >= 11 is 0. The highest BCUT2D eigenvalue weighted by molar-refractivity contribution is 6.04. The third-order valence-electron chi connectivity index (χ3n) is 3.75. The maximum absolute atomic E-state index is 12.6. The number of rotatable bonds is 1. The van der Waals surface area contributed by atoms with Gasteiger partial charge in [0.1, 0.15) is 0 Å². The minimum Gasteiger partial charge on any atom is -0.335 e. The van der Waals surface area contributed by atoms with E-state index >= 15 is 0 Å². The first-order valence-corrected chi connectivity index (χ1v) is 6.56. The summed E-state index contributed by atoms with van der Waals surface area (Å²) in [4.78, 5) is 16.7. The number of likely N-dealkylation sites (N-methyl/N-ethyl adjacent to an activating group) is 1. The number of carbonyl (C=O) groups is 1. The molecule has 1 fully saturated rings. The molecule has 0 N–H and O–H groups in total. The Morgan fingerprint density at radius 1 is 1.11 bits per heavy atom. The van der Waals surface area contributed by atoms with Gasteiger partial charge in [-0.2, -0.15) is 5.10 Å². The number of amides is 1. The number of fused-ring (bicyclic) bond motifs is 1. The summed E-state index contributed by atoms with van der Waals surface area (Å²) in [6.45, 7) is 3.41. The molecule has 2 heterocycles. The minimum atomic E-state index is 0.0462. The predicted octanol–water partition coefficient (Wildman–Crippen LogP) is 0.961. The van der Waals surface area contributed by atoms with Crippen molar-refractivity contribution in [1.82, 2.24) is 19.6 Å². The van der Waals surface area contributed by atoms with Crippen molar-refractivity contribution in [2.24, 2.45) is 7.05 Å². The van der Waals surface area contributed by atoms with Crippen LogP contribution in [0.1, 0.15) is 10.5 Å². The van der Waals surface area contributed by atoms with Gasteiger partial charge in [-0.1, -0.05) is 18.2 Å². The van der Waals surface area contributed by atoms with Crippen molar-refractivity contribution >= 4 is 16.8 Å². The maximum Gasteiger partial charge on any atom is 0.275 e. The lowest BCUT2D eigenvalue weighted by molar-refractivity contribution is 0.0659. The lowest BCUT2D eigenvalue weighted by Crippen LogP contribution is -2.47. The summed E-state index contributed by atoms with van der Waals surface area (Å²) in [6, 6.07) is 7.87. The second kappa shape index (κ2) is 4.66. The average Bonchev–Trinajstić information content (AvgIpc) is 2.77. The van der Waals surface area contributed by atoms with Gasteiger partial charge in [-0.05, 0) is 13.1 Å². The van der Waals surface area contributed by atoms with Crippen molar-refractivity contribution in [3.63, 3.8) is 0 Å². The largest absolute Gasteiger partial charge is 0.335 e. The van der Waals surface area contributed by atoms with Crippen LogP contribution in [0.4, 0.5) is 0 Å². The van der Waals surface area contributed by atoms with Gasteiger partial charge in [0.2, 0.25) is 0 Å². The molecule has 0 radical (unpaired) electrons. The number of carbonyl (C=O) groups excluding carboxylic acids is 1. The number of hydrogen-bond acceptors (Lipinski definition) is 3. The SMILES string of the molecule is CN1CCN(C(=O)c2nn(C)c3ccccc23)CC1. The van der Waals surface area contributed by atoms with Crippen LogP contribution in [-0.4, -0.2) is 58.7 Å². The fourth-order valence-corrected chi connectivity index (χ4v) is 2.53. The molecule has 1 aliphatic heterocycles. The summed E-state index contributed by atoms with van der Waals surface area (Å²) in [5, 5.41) is 5.33. The van der Waals surface area contributed by atoms with Crippen LogP contribution >= 0.6 is 0 Å². The highest BCUT2D eigenvalue weighted by Crippen LogP contribution is 2.19. The Balaban J connectivity index is 1.94. The molecule has 0 saturated carbocycles. The Hall–Kier alpha value is -1.88. The van der Waals surface area contributed by atoms with Gasteiger partial charge in [-0.3, -0.25) is 9.48 Å². The van der Waals surface area contributed by atoms with Crippen LogP contribution in [-0.2, 0) is 7.05 Å². The normalized spacial score (nSPS) is 17.1. The Morgan fingerprint density at radius 2 is 1.79 bits per heavy atom. The van der Waals surface area contributed by atoms with Crippen molar-refractivity contribution in [1.29, 1.82) is 0 Å². The Labute approximate surface area is 112 Å². The van der Waals surface area contributed by atoms with Crippen molar-refractivity contribution < 1.29 is 4.79 Å². The summed E-state index contributed by atoms with van der Waals surface area (Å²) in [6.07, 6.45) is 0. The second-order valence-electron chi connectivity index (χ2n) is 5.08. The average molecular weight is 258 g/mol. The maximum atomic E-state index is 12.6. The zero-order valence-corrected chi connectivity index (χ0v) is 11.3. The van der Waals surface area contributed by atoms with E-state index in [1.807, 2.05) is 36.2 Å². The van der Waals surface area contributed by atoms with Crippen LogP contribution in [0.25, 0.3) is 10.9 Å². The lowest BCUT2D eigenvalue weighted by Gasteiger charge is -2.31. The zero-order chi connectivity index (χ0) is 13.4. The molecule has 0 unspecified atom stereocenters. The van der Waals surface area contributed by atoms with E-state index < -0.39 is 0 Å². The van der Waals surface area contributed by atoms with Gasteiger partial charge in [-0.15, -0.1) is 0 Å². The molecular formula is C14H18N4O. The highest BCUT2D eigenvalue weighted by Gasteiger charge is 2.24. The van der Waals surface area contributed by atoms with Gasteiger partial charge < -0.3 is 9.80 Å². The number of aryl methyl sites for hydroxylation is 1. The molecule has 1 aliphatic rings. The fourth-order valence-electron chi connectivity index (χ4n) is 2.53. The van der Waals surface area contributed by atoms with Crippen LogP contribution in [0.5, 0.6) is 0 Å². The molecular weight excluding hydrogens is 240 g/mol. The van der Waals surface area contributed by atoms with Gasteiger partial charge >= 0.3 is 0 Å². The molecule has 3 rings (SSSR count). The smallest absolute Gasteiger partial charge is 0.275 e. The van der Waals surface area contributed by atoms with Crippen LogP contribution in [0.15, 0.2) is 24.3 Å². The molecule has 1 aromatic carbocycles. The van der Waals surface area contributed by atoms with Crippen LogP contribution in [0.3, 0.4) is 0 Å². The number of aromatic nitrogens is 2. The number of para-hydroxylation sites is 1. The quantitative estimate of drug-likeness (QED) is 0.765. The van der Waals surface area contributed by atoms with E-state index in [1.165, 1.54) is 0 Å². The van der Waals surface area contributed by atoms with Gasteiger partial charge in [0.15, 0.2) is 5.69 Å². The first-order chi connectivity index (χ1) is 9.16. The van der Waals surface area contributed by atoms with E-state index in [-0.39, 0.29) is 5.91 Å². The summed E-state index contributed by atoms with van der Waals surface area (Å²) in [7, 11) is 3.96. The number of benzene rings is 1. The van der Waals surface area contributed by atoms with E-state index in [9.17, 15) is 4.79 Å². The topological polar surface area (TPSA) is 41.4 Å². The fraction of sp³-hybridized carbons (Fsp3) is 0.429. The molecule has 0 atom stereocenters. The second-order valence-corrected chi connectivity index (χ2v) is 5.08. The van der Waals surface area contributed by atoms with Gasteiger partial charge in [-0.25, -0.2) is 0 Å². The predicted molar refractivity (Wildman–Crippen MR) is 74.1 cm³/mol. The van der Waals surface area contributed by atoms with E-state index in [1.54, 1.807) is 4.68 Å². The molecule has 1 aromatic heterocycles. The molecule has 100 valence electrons. The summed E-state index contributed by atoms with van der Waals surface area (Å²) < 4.78 is 1.78. The van der Waals surface area contributed by atoms with Crippen molar-refractivity contribution in [3.05, 3.63) is 30.0 Å². The van der Waals surface area contributed by atoms with E-state index in [4.69, 9.17) is 0 Å². The van der Waals surface area contributed by atoms with Gasteiger partial charge in [0, 0.05) is 38.6 Å². The number of piperazine rings is 1. The molecule has 0 aliphatic carbocycles.